The Balaban J connectivity index is 1.87. The SMILES string of the molecule is CCc1nccc(C)c1NC(=O)N1CCO[C@H](C)[C@H]1c1nc(C)no1. The van der Waals surface area contributed by atoms with Crippen LogP contribution in [-0.2, 0) is 11.2 Å². The molecule has 0 unspecified atom stereocenters. The lowest BCUT2D eigenvalue weighted by Gasteiger charge is -2.37. The van der Waals surface area contributed by atoms with E-state index in [-0.39, 0.29) is 12.1 Å². The predicted octanol–water partition coefficient (Wildman–Crippen LogP) is 2.64. The summed E-state index contributed by atoms with van der Waals surface area (Å²) in [6.07, 6.45) is 2.26. The summed E-state index contributed by atoms with van der Waals surface area (Å²) in [5, 5.41) is 6.84. The van der Waals surface area contributed by atoms with Crippen molar-refractivity contribution < 1.29 is 14.1 Å². The average Bonchev–Trinajstić information content (AvgIpc) is 3.02. The molecule has 0 saturated carbocycles. The molecule has 8 nitrogen and oxygen atoms in total. The number of rotatable bonds is 3. The van der Waals surface area contributed by atoms with Crippen LogP contribution in [0.3, 0.4) is 0 Å². The topological polar surface area (TPSA) is 93.4 Å². The van der Waals surface area contributed by atoms with E-state index in [4.69, 9.17) is 9.26 Å². The van der Waals surface area contributed by atoms with E-state index in [0.29, 0.717) is 24.9 Å². The Morgan fingerprint density at radius 1 is 1.44 bits per heavy atom. The lowest BCUT2D eigenvalue weighted by Crippen LogP contribution is -2.49. The molecule has 2 amide bonds. The monoisotopic (exact) mass is 345 g/mol. The maximum atomic E-state index is 13.0. The van der Waals surface area contributed by atoms with Gasteiger partial charge in [0.1, 0.15) is 6.04 Å². The third-order valence-electron chi connectivity index (χ3n) is 4.36. The van der Waals surface area contributed by atoms with Crippen LogP contribution in [0.1, 0.15) is 42.9 Å². The Labute approximate surface area is 146 Å². The number of nitrogens with one attached hydrogen (secondary N) is 1. The molecular formula is C17H23N5O3. The maximum Gasteiger partial charge on any atom is 0.322 e. The molecule has 0 aliphatic carbocycles. The molecule has 1 aliphatic rings. The molecular weight excluding hydrogens is 322 g/mol. The molecule has 1 fully saturated rings. The summed E-state index contributed by atoms with van der Waals surface area (Å²) >= 11 is 0. The first kappa shape index (κ1) is 17.3. The van der Waals surface area contributed by atoms with Crippen LogP contribution >= 0.6 is 0 Å². The van der Waals surface area contributed by atoms with Gasteiger partial charge in [-0.15, -0.1) is 0 Å². The number of nitrogens with zero attached hydrogens (tertiary/aromatic N) is 4. The van der Waals surface area contributed by atoms with E-state index in [9.17, 15) is 4.79 Å². The first-order valence-electron chi connectivity index (χ1n) is 8.45. The number of aromatic nitrogens is 3. The van der Waals surface area contributed by atoms with Gasteiger partial charge in [0.15, 0.2) is 5.82 Å². The summed E-state index contributed by atoms with van der Waals surface area (Å²) < 4.78 is 11.0. The fourth-order valence-electron chi connectivity index (χ4n) is 3.05. The fourth-order valence-corrected chi connectivity index (χ4v) is 3.05. The Bertz CT molecular complexity index is 760. The Morgan fingerprint density at radius 3 is 2.92 bits per heavy atom. The largest absolute Gasteiger partial charge is 0.374 e. The van der Waals surface area contributed by atoms with Crippen LogP contribution in [0.15, 0.2) is 16.8 Å². The quantitative estimate of drug-likeness (QED) is 0.919. The van der Waals surface area contributed by atoms with Gasteiger partial charge in [-0.1, -0.05) is 12.1 Å². The number of hydrogen-bond donors (Lipinski definition) is 1. The number of carbonyl (C=O) groups is 1. The molecule has 25 heavy (non-hydrogen) atoms. The second-order valence-corrected chi connectivity index (χ2v) is 6.13. The molecule has 3 rings (SSSR count). The smallest absolute Gasteiger partial charge is 0.322 e. The zero-order valence-corrected chi connectivity index (χ0v) is 14.9. The summed E-state index contributed by atoms with van der Waals surface area (Å²) in [5.41, 5.74) is 2.60. The van der Waals surface area contributed by atoms with Crippen LogP contribution < -0.4 is 5.32 Å². The van der Waals surface area contributed by atoms with E-state index in [2.05, 4.69) is 20.4 Å². The fraction of sp³-hybridized carbons (Fsp3) is 0.529. The molecule has 0 bridgehead atoms. The van der Waals surface area contributed by atoms with E-state index in [1.807, 2.05) is 26.8 Å². The van der Waals surface area contributed by atoms with Gasteiger partial charge in [0.2, 0.25) is 0 Å². The highest BCUT2D eigenvalue weighted by molar-refractivity contribution is 5.91. The minimum absolute atomic E-state index is 0.221. The number of urea groups is 1. The maximum absolute atomic E-state index is 13.0. The zero-order chi connectivity index (χ0) is 18.0. The molecule has 134 valence electrons. The number of aryl methyl sites for hydroxylation is 3. The lowest BCUT2D eigenvalue weighted by molar-refractivity contribution is -0.0525. The van der Waals surface area contributed by atoms with Gasteiger partial charge in [-0.2, -0.15) is 4.98 Å². The third kappa shape index (κ3) is 3.48. The molecule has 2 aromatic heterocycles. The van der Waals surface area contributed by atoms with Crippen molar-refractivity contribution in [2.24, 2.45) is 0 Å². The molecule has 1 N–H and O–H groups in total. The molecule has 0 spiro atoms. The van der Waals surface area contributed by atoms with E-state index in [1.54, 1.807) is 18.0 Å². The molecule has 2 aromatic rings. The summed E-state index contributed by atoms with van der Waals surface area (Å²) in [4.78, 5) is 23.3. The number of carbonyl (C=O) groups excluding carboxylic acids is 1. The summed E-state index contributed by atoms with van der Waals surface area (Å²) in [5.74, 6) is 0.919. The van der Waals surface area contributed by atoms with Crippen molar-refractivity contribution in [3.8, 4) is 0 Å². The minimum Gasteiger partial charge on any atom is -0.374 e. The highest BCUT2D eigenvalue weighted by Gasteiger charge is 2.38. The minimum atomic E-state index is -0.419. The zero-order valence-electron chi connectivity index (χ0n) is 14.9. The van der Waals surface area contributed by atoms with Crippen molar-refractivity contribution in [3.05, 3.63) is 35.2 Å². The van der Waals surface area contributed by atoms with Crippen molar-refractivity contribution in [1.82, 2.24) is 20.0 Å². The number of morpholine rings is 1. The molecule has 3 heterocycles. The highest BCUT2D eigenvalue weighted by atomic mass is 16.5. The molecule has 2 atom stereocenters. The molecule has 0 radical (unpaired) electrons. The van der Waals surface area contributed by atoms with Crippen LogP contribution in [0, 0.1) is 13.8 Å². The van der Waals surface area contributed by atoms with E-state index >= 15 is 0 Å². The lowest BCUT2D eigenvalue weighted by atomic mass is 10.1. The van der Waals surface area contributed by atoms with Gasteiger partial charge in [-0.3, -0.25) is 4.98 Å². The first-order chi connectivity index (χ1) is 12.0. The summed E-state index contributed by atoms with van der Waals surface area (Å²) in [7, 11) is 0. The molecule has 1 saturated heterocycles. The predicted molar refractivity (Wildman–Crippen MR) is 91.3 cm³/mol. The van der Waals surface area contributed by atoms with Crippen LogP contribution in [-0.4, -0.2) is 45.3 Å². The Morgan fingerprint density at radius 2 is 2.24 bits per heavy atom. The highest BCUT2D eigenvalue weighted by Crippen LogP contribution is 2.29. The van der Waals surface area contributed by atoms with Gasteiger partial charge in [0.05, 0.1) is 24.1 Å². The standard InChI is InChI=1S/C17H23N5O3/c1-5-13-14(10(2)6-7-18-13)20-17(23)22-8-9-24-11(3)15(22)16-19-12(4)21-25-16/h6-7,11,15H,5,8-9H2,1-4H3,(H,20,23)/t11-,15+/m1/s1. The van der Waals surface area contributed by atoms with Crippen molar-refractivity contribution >= 4 is 11.7 Å². The van der Waals surface area contributed by atoms with E-state index in [0.717, 1.165) is 23.4 Å². The normalized spacial score (nSPS) is 20.6. The van der Waals surface area contributed by atoms with Crippen LogP contribution in [0.2, 0.25) is 0 Å². The van der Waals surface area contributed by atoms with Crippen molar-refractivity contribution in [2.45, 2.75) is 46.3 Å². The second kappa shape index (κ2) is 7.18. The summed E-state index contributed by atoms with van der Waals surface area (Å²) in [6, 6.07) is 1.24. The van der Waals surface area contributed by atoms with Crippen LogP contribution in [0.5, 0.6) is 0 Å². The van der Waals surface area contributed by atoms with Gasteiger partial charge < -0.3 is 19.5 Å². The van der Waals surface area contributed by atoms with Gasteiger partial charge in [0, 0.05) is 12.7 Å². The molecule has 8 heteroatoms. The average molecular weight is 345 g/mol. The van der Waals surface area contributed by atoms with Crippen LogP contribution in [0.4, 0.5) is 10.5 Å². The van der Waals surface area contributed by atoms with Crippen molar-refractivity contribution in [2.75, 3.05) is 18.5 Å². The Kier molecular flexibility index (Phi) is 4.98. The number of ether oxygens (including phenoxy) is 1. The Hall–Kier alpha value is -2.48. The number of amides is 2. The number of pyridine rings is 1. The van der Waals surface area contributed by atoms with Crippen molar-refractivity contribution in [3.63, 3.8) is 0 Å². The van der Waals surface area contributed by atoms with E-state index in [1.165, 1.54) is 0 Å². The summed E-state index contributed by atoms with van der Waals surface area (Å²) in [6.45, 7) is 8.53. The second-order valence-electron chi connectivity index (χ2n) is 6.13. The first-order valence-corrected chi connectivity index (χ1v) is 8.45. The van der Waals surface area contributed by atoms with Gasteiger partial charge in [-0.25, -0.2) is 4.79 Å². The van der Waals surface area contributed by atoms with Gasteiger partial charge in [-0.05, 0) is 38.8 Å². The molecule has 0 aromatic carbocycles. The third-order valence-corrected chi connectivity index (χ3v) is 4.36. The van der Waals surface area contributed by atoms with Gasteiger partial charge >= 0.3 is 6.03 Å². The van der Waals surface area contributed by atoms with E-state index < -0.39 is 6.04 Å². The van der Waals surface area contributed by atoms with Crippen molar-refractivity contribution in [1.29, 1.82) is 0 Å². The van der Waals surface area contributed by atoms with Crippen LogP contribution in [0.25, 0.3) is 0 Å². The number of hydrogen-bond acceptors (Lipinski definition) is 6. The van der Waals surface area contributed by atoms with Gasteiger partial charge in [0.25, 0.3) is 5.89 Å². The molecule has 1 aliphatic heterocycles. The number of anilines is 1.